The summed E-state index contributed by atoms with van der Waals surface area (Å²) in [5.74, 6) is -0.302. The SMILES string of the molecule is OC1(Cc2cc(Cl)ccc2F)CCCNC1. The molecule has 2 N–H and O–H groups in total. The van der Waals surface area contributed by atoms with Crippen molar-refractivity contribution in [3.8, 4) is 0 Å². The molecule has 0 aromatic heterocycles. The van der Waals surface area contributed by atoms with E-state index in [2.05, 4.69) is 5.32 Å². The smallest absolute Gasteiger partial charge is 0.126 e. The van der Waals surface area contributed by atoms with Gasteiger partial charge in [0.25, 0.3) is 0 Å². The van der Waals surface area contributed by atoms with Crippen LogP contribution < -0.4 is 5.32 Å². The maximum atomic E-state index is 13.5. The van der Waals surface area contributed by atoms with Crippen LogP contribution in [0.25, 0.3) is 0 Å². The molecule has 1 aromatic carbocycles. The lowest BCUT2D eigenvalue weighted by Crippen LogP contribution is -2.47. The van der Waals surface area contributed by atoms with Crippen LogP contribution in [0.15, 0.2) is 18.2 Å². The van der Waals surface area contributed by atoms with Crippen molar-refractivity contribution in [2.45, 2.75) is 24.9 Å². The van der Waals surface area contributed by atoms with Gasteiger partial charge in [0.05, 0.1) is 5.60 Å². The molecule has 1 aliphatic rings. The van der Waals surface area contributed by atoms with Crippen molar-refractivity contribution in [3.05, 3.63) is 34.6 Å². The van der Waals surface area contributed by atoms with Crippen molar-refractivity contribution in [1.29, 1.82) is 0 Å². The monoisotopic (exact) mass is 243 g/mol. The quantitative estimate of drug-likeness (QED) is 0.834. The standard InChI is InChI=1S/C12H15ClFNO/c13-10-2-3-11(14)9(6-10)7-12(16)4-1-5-15-8-12/h2-3,6,15-16H,1,4-5,7-8H2. The summed E-state index contributed by atoms with van der Waals surface area (Å²) in [4.78, 5) is 0. The Morgan fingerprint density at radius 2 is 2.31 bits per heavy atom. The highest BCUT2D eigenvalue weighted by atomic mass is 35.5. The van der Waals surface area contributed by atoms with Crippen LogP contribution in [-0.4, -0.2) is 23.8 Å². The first-order valence-corrected chi connectivity index (χ1v) is 5.84. The molecule has 1 saturated heterocycles. The summed E-state index contributed by atoms with van der Waals surface area (Å²) >= 11 is 5.82. The lowest BCUT2D eigenvalue weighted by Gasteiger charge is -2.32. The minimum absolute atomic E-state index is 0.302. The van der Waals surface area contributed by atoms with E-state index in [9.17, 15) is 9.50 Å². The van der Waals surface area contributed by atoms with Crippen molar-refractivity contribution in [2.75, 3.05) is 13.1 Å². The van der Waals surface area contributed by atoms with Crippen molar-refractivity contribution >= 4 is 11.6 Å². The maximum absolute atomic E-state index is 13.5. The van der Waals surface area contributed by atoms with Crippen LogP contribution in [0.4, 0.5) is 4.39 Å². The maximum Gasteiger partial charge on any atom is 0.126 e. The fraction of sp³-hybridized carbons (Fsp3) is 0.500. The van der Waals surface area contributed by atoms with Crippen LogP contribution in [0.3, 0.4) is 0 Å². The number of β-amino-alcohol motifs (C(OH)–C–C–N with tert-alkyl or cyclic N) is 1. The van der Waals surface area contributed by atoms with Crippen LogP contribution in [0.2, 0.25) is 5.02 Å². The highest BCUT2D eigenvalue weighted by molar-refractivity contribution is 6.30. The first kappa shape index (κ1) is 11.8. The molecule has 0 amide bonds. The Kier molecular flexibility index (Phi) is 3.47. The molecule has 0 bridgehead atoms. The molecule has 0 spiro atoms. The van der Waals surface area contributed by atoms with Gasteiger partial charge < -0.3 is 10.4 Å². The van der Waals surface area contributed by atoms with Crippen molar-refractivity contribution in [1.82, 2.24) is 5.32 Å². The molecule has 0 aliphatic carbocycles. The molecule has 88 valence electrons. The summed E-state index contributed by atoms with van der Waals surface area (Å²) < 4.78 is 13.5. The molecule has 1 atom stereocenters. The predicted molar refractivity (Wildman–Crippen MR) is 62.2 cm³/mol. The molecule has 1 unspecified atom stereocenters. The number of hydrogen-bond donors (Lipinski definition) is 2. The van der Waals surface area contributed by atoms with Crippen LogP contribution >= 0.6 is 11.6 Å². The third-order valence-corrected chi connectivity index (χ3v) is 3.21. The van der Waals surface area contributed by atoms with Crippen molar-refractivity contribution < 1.29 is 9.50 Å². The largest absolute Gasteiger partial charge is 0.388 e. The minimum Gasteiger partial charge on any atom is -0.388 e. The molecule has 0 radical (unpaired) electrons. The molecular weight excluding hydrogens is 229 g/mol. The van der Waals surface area contributed by atoms with Gasteiger partial charge in [-0.1, -0.05) is 11.6 Å². The van der Waals surface area contributed by atoms with Gasteiger partial charge in [0.15, 0.2) is 0 Å². The molecule has 1 aromatic rings. The zero-order valence-corrected chi connectivity index (χ0v) is 9.73. The van der Waals surface area contributed by atoms with Gasteiger partial charge in [-0.05, 0) is 43.1 Å². The Morgan fingerprint density at radius 1 is 1.50 bits per heavy atom. The number of aliphatic hydroxyl groups is 1. The van der Waals surface area contributed by atoms with E-state index in [1.807, 2.05) is 0 Å². The minimum atomic E-state index is -0.843. The fourth-order valence-electron chi connectivity index (χ4n) is 2.14. The molecule has 2 nitrogen and oxygen atoms in total. The van der Waals surface area contributed by atoms with Gasteiger partial charge >= 0.3 is 0 Å². The van der Waals surface area contributed by atoms with Crippen molar-refractivity contribution in [3.63, 3.8) is 0 Å². The van der Waals surface area contributed by atoms with E-state index in [4.69, 9.17) is 11.6 Å². The second-order valence-corrected chi connectivity index (χ2v) is 4.85. The van der Waals surface area contributed by atoms with Gasteiger partial charge in [0, 0.05) is 18.0 Å². The number of halogens is 2. The second kappa shape index (κ2) is 4.70. The third-order valence-electron chi connectivity index (χ3n) is 2.98. The summed E-state index contributed by atoms with van der Waals surface area (Å²) in [5.41, 5.74) is -0.359. The molecule has 0 saturated carbocycles. The van der Waals surface area contributed by atoms with Crippen LogP contribution in [0, 0.1) is 5.82 Å². The molecule has 4 heteroatoms. The summed E-state index contributed by atoms with van der Waals surface area (Å²) in [5, 5.41) is 13.9. The number of rotatable bonds is 2. The lowest BCUT2D eigenvalue weighted by atomic mass is 9.87. The Morgan fingerprint density at radius 3 is 3.00 bits per heavy atom. The van der Waals surface area contributed by atoms with Crippen molar-refractivity contribution in [2.24, 2.45) is 0 Å². The molecule has 1 aliphatic heterocycles. The van der Waals surface area contributed by atoms with Gasteiger partial charge in [-0.25, -0.2) is 4.39 Å². The van der Waals surface area contributed by atoms with E-state index in [1.54, 1.807) is 6.07 Å². The van der Waals surface area contributed by atoms with Gasteiger partial charge in [-0.15, -0.1) is 0 Å². The third kappa shape index (κ3) is 2.73. The van der Waals surface area contributed by atoms with Gasteiger partial charge in [-0.3, -0.25) is 0 Å². The Labute approximate surface area is 99.4 Å². The summed E-state index contributed by atoms with van der Waals surface area (Å²) in [7, 11) is 0. The Bertz CT molecular complexity index is 377. The number of piperidine rings is 1. The molecule has 1 fully saturated rings. The number of nitrogens with one attached hydrogen (secondary N) is 1. The van der Waals surface area contributed by atoms with Crippen LogP contribution in [0.5, 0.6) is 0 Å². The summed E-state index contributed by atoms with van der Waals surface area (Å²) in [6, 6.07) is 4.45. The summed E-state index contributed by atoms with van der Waals surface area (Å²) in [6.07, 6.45) is 1.93. The highest BCUT2D eigenvalue weighted by Gasteiger charge is 2.30. The number of benzene rings is 1. The first-order chi connectivity index (χ1) is 7.59. The van der Waals surface area contributed by atoms with Crippen LogP contribution in [0.1, 0.15) is 18.4 Å². The number of hydrogen-bond acceptors (Lipinski definition) is 2. The fourth-order valence-corrected chi connectivity index (χ4v) is 2.33. The zero-order chi connectivity index (χ0) is 11.6. The highest BCUT2D eigenvalue weighted by Crippen LogP contribution is 2.24. The van der Waals surface area contributed by atoms with E-state index < -0.39 is 5.60 Å². The molecule has 2 rings (SSSR count). The Balaban J connectivity index is 2.15. The van der Waals surface area contributed by atoms with E-state index in [0.717, 1.165) is 13.0 Å². The molecular formula is C12H15ClFNO. The van der Waals surface area contributed by atoms with Gasteiger partial charge in [-0.2, -0.15) is 0 Å². The van der Waals surface area contributed by atoms with E-state index in [-0.39, 0.29) is 5.82 Å². The van der Waals surface area contributed by atoms with Gasteiger partial charge in [0.2, 0.25) is 0 Å². The average molecular weight is 244 g/mol. The van der Waals surface area contributed by atoms with Gasteiger partial charge in [0.1, 0.15) is 5.82 Å². The van der Waals surface area contributed by atoms with E-state index in [0.29, 0.717) is 30.0 Å². The zero-order valence-electron chi connectivity index (χ0n) is 8.97. The molecule has 1 heterocycles. The molecule has 16 heavy (non-hydrogen) atoms. The summed E-state index contributed by atoms with van der Waals surface area (Å²) in [6.45, 7) is 1.43. The van der Waals surface area contributed by atoms with E-state index >= 15 is 0 Å². The normalized spacial score (nSPS) is 25.7. The average Bonchev–Trinajstić information content (AvgIpc) is 2.24. The topological polar surface area (TPSA) is 32.3 Å². The Hall–Kier alpha value is -0.640. The lowest BCUT2D eigenvalue weighted by molar-refractivity contribution is 0.0162. The second-order valence-electron chi connectivity index (χ2n) is 4.42. The first-order valence-electron chi connectivity index (χ1n) is 5.46. The van der Waals surface area contributed by atoms with E-state index in [1.165, 1.54) is 12.1 Å². The van der Waals surface area contributed by atoms with Crippen LogP contribution in [-0.2, 0) is 6.42 Å². The predicted octanol–water partition coefficient (Wildman–Crippen LogP) is 2.14.